The predicted octanol–water partition coefficient (Wildman–Crippen LogP) is 3.32. The van der Waals surface area contributed by atoms with Crippen LogP contribution in [0.2, 0.25) is 0 Å². The van der Waals surface area contributed by atoms with Crippen LogP contribution in [-0.4, -0.2) is 16.5 Å². The van der Waals surface area contributed by atoms with Crippen LogP contribution in [0.4, 0.5) is 0 Å². The average Bonchev–Trinajstić information content (AvgIpc) is 2.83. The van der Waals surface area contributed by atoms with Crippen molar-refractivity contribution in [2.45, 2.75) is 45.8 Å². The highest BCUT2D eigenvalue weighted by atomic mass is 16.5. The summed E-state index contributed by atoms with van der Waals surface area (Å²) >= 11 is 0. The van der Waals surface area contributed by atoms with Crippen LogP contribution in [0, 0.1) is 13.8 Å². The third-order valence-electron chi connectivity index (χ3n) is 3.89. The molecule has 1 aliphatic heterocycles. The zero-order chi connectivity index (χ0) is 15.9. The van der Waals surface area contributed by atoms with Gasteiger partial charge >= 0.3 is 0 Å². The number of rotatable bonds is 2. The van der Waals surface area contributed by atoms with Crippen molar-refractivity contribution in [2.24, 2.45) is 0 Å². The third-order valence-corrected chi connectivity index (χ3v) is 3.89. The van der Waals surface area contributed by atoms with E-state index in [9.17, 15) is 4.79 Å². The smallest absolute Gasteiger partial charge is 0.274 e. The lowest BCUT2D eigenvalue weighted by atomic mass is 9.89. The number of nitrogens with zero attached hydrogens (tertiary/aromatic N) is 1. The number of ether oxygens (including phenoxy) is 1. The van der Waals surface area contributed by atoms with Gasteiger partial charge in [-0.1, -0.05) is 12.1 Å². The maximum absolute atomic E-state index is 12.4. The molecule has 1 aromatic carbocycles. The molecule has 1 atom stereocenters. The van der Waals surface area contributed by atoms with Crippen molar-refractivity contribution < 1.29 is 13.9 Å². The van der Waals surface area contributed by atoms with E-state index in [-0.39, 0.29) is 17.6 Å². The molecular weight excluding hydrogens is 280 g/mol. The Hall–Kier alpha value is -2.30. The lowest BCUT2D eigenvalue weighted by Gasteiger charge is -2.38. The molecule has 0 fully saturated rings. The van der Waals surface area contributed by atoms with Gasteiger partial charge < -0.3 is 14.5 Å². The number of aromatic nitrogens is 1. The normalized spacial score (nSPS) is 19.2. The van der Waals surface area contributed by atoms with Crippen LogP contribution in [-0.2, 0) is 0 Å². The molecule has 1 aliphatic rings. The molecule has 3 rings (SSSR count). The first-order valence-corrected chi connectivity index (χ1v) is 7.36. The van der Waals surface area contributed by atoms with E-state index in [2.05, 4.69) is 10.3 Å². The van der Waals surface area contributed by atoms with Crippen LogP contribution in [0.15, 0.2) is 29.0 Å². The number of carbonyl (C=O) groups excluding carboxylic acids is 1. The van der Waals surface area contributed by atoms with Crippen molar-refractivity contribution in [1.82, 2.24) is 10.3 Å². The molecule has 0 saturated carbocycles. The number of amides is 1. The van der Waals surface area contributed by atoms with Gasteiger partial charge in [0.15, 0.2) is 12.1 Å². The fourth-order valence-corrected chi connectivity index (χ4v) is 2.84. The summed E-state index contributed by atoms with van der Waals surface area (Å²) in [6, 6.07) is 5.95. The van der Waals surface area contributed by atoms with Crippen LogP contribution in [0.5, 0.6) is 5.75 Å². The molecule has 1 amide bonds. The Balaban J connectivity index is 1.91. The Bertz CT molecular complexity index is 718. The number of carbonyl (C=O) groups is 1. The molecule has 5 nitrogen and oxygen atoms in total. The van der Waals surface area contributed by atoms with Gasteiger partial charge in [0.2, 0.25) is 0 Å². The highest BCUT2D eigenvalue weighted by molar-refractivity contribution is 5.93. The van der Waals surface area contributed by atoms with Crippen LogP contribution in [0.3, 0.4) is 0 Å². The molecule has 0 bridgehead atoms. The monoisotopic (exact) mass is 300 g/mol. The molecule has 1 N–H and O–H groups in total. The van der Waals surface area contributed by atoms with Gasteiger partial charge in [0.05, 0.1) is 6.04 Å². The molecule has 1 aromatic heterocycles. The van der Waals surface area contributed by atoms with E-state index in [1.54, 1.807) is 6.92 Å². The second kappa shape index (κ2) is 5.16. The number of aryl methyl sites for hydroxylation is 2. The Morgan fingerprint density at radius 3 is 2.82 bits per heavy atom. The minimum atomic E-state index is -0.336. The highest BCUT2D eigenvalue weighted by Gasteiger charge is 2.35. The summed E-state index contributed by atoms with van der Waals surface area (Å²) < 4.78 is 11.1. The van der Waals surface area contributed by atoms with Crippen LogP contribution >= 0.6 is 0 Å². The number of hydrogen-bond donors (Lipinski definition) is 1. The molecule has 116 valence electrons. The molecule has 2 heterocycles. The lowest BCUT2D eigenvalue weighted by Crippen LogP contribution is -2.41. The SMILES string of the molecule is Cc1ccc2c(c1)OC(C)(C)CC2NC(=O)c1ncoc1C. The van der Waals surface area contributed by atoms with Gasteiger partial charge in [0.25, 0.3) is 5.91 Å². The second-order valence-electron chi connectivity index (χ2n) is 6.39. The van der Waals surface area contributed by atoms with E-state index < -0.39 is 0 Å². The van der Waals surface area contributed by atoms with Crippen LogP contribution in [0.25, 0.3) is 0 Å². The van der Waals surface area contributed by atoms with Crippen molar-refractivity contribution in [1.29, 1.82) is 0 Å². The molecule has 2 aromatic rings. The topological polar surface area (TPSA) is 64.4 Å². The van der Waals surface area contributed by atoms with Gasteiger partial charge in [-0.15, -0.1) is 0 Å². The number of nitrogens with one attached hydrogen (secondary N) is 1. The Kier molecular flexibility index (Phi) is 3.43. The largest absolute Gasteiger partial charge is 0.487 e. The van der Waals surface area contributed by atoms with E-state index in [1.165, 1.54) is 6.39 Å². The fourth-order valence-electron chi connectivity index (χ4n) is 2.84. The van der Waals surface area contributed by atoms with Crippen molar-refractivity contribution in [2.75, 3.05) is 0 Å². The van der Waals surface area contributed by atoms with Gasteiger partial charge in [-0.25, -0.2) is 4.98 Å². The summed E-state index contributed by atoms with van der Waals surface area (Å²) in [7, 11) is 0. The van der Waals surface area contributed by atoms with Crippen molar-refractivity contribution in [3.63, 3.8) is 0 Å². The Morgan fingerprint density at radius 1 is 1.36 bits per heavy atom. The van der Waals surface area contributed by atoms with E-state index >= 15 is 0 Å². The lowest BCUT2D eigenvalue weighted by molar-refractivity contribution is 0.0617. The summed E-state index contributed by atoms with van der Waals surface area (Å²) in [4.78, 5) is 16.4. The van der Waals surface area contributed by atoms with E-state index in [1.807, 2.05) is 39.0 Å². The number of fused-ring (bicyclic) bond motifs is 1. The van der Waals surface area contributed by atoms with Gasteiger partial charge in [0, 0.05) is 12.0 Å². The average molecular weight is 300 g/mol. The van der Waals surface area contributed by atoms with Crippen molar-refractivity contribution >= 4 is 5.91 Å². The first-order chi connectivity index (χ1) is 10.4. The van der Waals surface area contributed by atoms with E-state index in [0.29, 0.717) is 17.9 Å². The summed E-state index contributed by atoms with van der Waals surface area (Å²) in [6.07, 6.45) is 1.99. The molecule has 5 heteroatoms. The van der Waals surface area contributed by atoms with Gasteiger partial charge in [-0.3, -0.25) is 4.79 Å². The summed E-state index contributed by atoms with van der Waals surface area (Å²) in [5, 5.41) is 3.05. The van der Waals surface area contributed by atoms with Gasteiger partial charge in [-0.05, 0) is 39.3 Å². The predicted molar refractivity (Wildman–Crippen MR) is 82.0 cm³/mol. The highest BCUT2D eigenvalue weighted by Crippen LogP contribution is 2.40. The second-order valence-corrected chi connectivity index (χ2v) is 6.39. The van der Waals surface area contributed by atoms with E-state index in [4.69, 9.17) is 9.15 Å². The Morgan fingerprint density at radius 2 is 2.14 bits per heavy atom. The minimum Gasteiger partial charge on any atom is -0.487 e. The third kappa shape index (κ3) is 2.71. The fraction of sp³-hybridized carbons (Fsp3) is 0.412. The van der Waals surface area contributed by atoms with Gasteiger partial charge in [-0.2, -0.15) is 0 Å². The maximum atomic E-state index is 12.4. The van der Waals surface area contributed by atoms with Crippen molar-refractivity contribution in [3.05, 3.63) is 47.2 Å². The zero-order valence-corrected chi connectivity index (χ0v) is 13.3. The first-order valence-electron chi connectivity index (χ1n) is 7.36. The Labute approximate surface area is 129 Å². The maximum Gasteiger partial charge on any atom is 0.274 e. The van der Waals surface area contributed by atoms with Gasteiger partial charge in [0.1, 0.15) is 17.1 Å². The van der Waals surface area contributed by atoms with E-state index in [0.717, 1.165) is 16.9 Å². The number of oxazole rings is 1. The molecule has 22 heavy (non-hydrogen) atoms. The molecule has 0 aliphatic carbocycles. The summed E-state index contributed by atoms with van der Waals surface area (Å²) in [5.74, 6) is 1.13. The molecule has 0 saturated heterocycles. The summed E-state index contributed by atoms with van der Waals surface area (Å²) in [6.45, 7) is 7.81. The molecule has 0 spiro atoms. The molecule has 0 radical (unpaired) electrons. The quantitative estimate of drug-likeness (QED) is 0.924. The number of hydrogen-bond acceptors (Lipinski definition) is 4. The van der Waals surface area contributed by atoms with Crippen LogP contribution < -0.4 is 10.1 Å². The van der Waals surface area contributed by atoms with Crippen molar-refractivity contribution in [3.8, 4) is 5.75 Å². The summed E-state index contributed by atoms with van der Waals surface area (Å²) in [5.41, 5.74) is 2.13. The van der Waals surface area contributed by atoms with Crippen LogP contribution in [0.1, 0.15) is 53.7 Å². The minimum absolute atomic E-state index is 0.108. The zero-order valence-electron chi connectivity index (χ0n) is 13.3. The standard InChI is InChI=1S/C17H20N2O3/c1-10-5-6-12-13(8-17(3,4)22-14(12)7-10)19-16(20)15-11(2)21-9-18-15/h5-7,9,13H,8H2,1-4H3,(H,19,20). The molecule has 1 unspecified atom stereocenters. The molecular formula is C17H20N2O3. The number of benzene rings is 1. The first kappa shape index (κ1) is 14.6.